The molecule has 2 unspecified atom stereocenters. The molecule has 110 valence electrons. The number of nitrogens with zero attached hydrogens (tertiary/aromatic N) is 1. The molecule has 0 spiro atoms. The molecule has 2 aromatic rings. The lowest BCUT2D eigenvalue weighted by Gasteiger charge is -2.40. The van der Waals surface area contributed by atoms with E-state index in [9.17, 15) is 0 Å². The molecule has 1 aliphatic rings. The summed E-state index contributed by atoms with van der Waals surface area (Å²) in [5, 5.41) is 0. The normalized spacial score (nSPS) is 22.2. The minimum absolute atomic E-state index is 0.141. The Kier molecular flexibility index (Phi) is 3.32. The van der Waals surface area contributed by atoms with Crippen LogP contribution in [-0.2, 0) is 6.42 Å². The monoisotopic (exact) mass is 279 g/mol. The quantitative estimate of drug-likeness (QED) is 0.759. The van der Waals surface area contributed by atoms with Gasteiger partial charge >= 0.3 is 0 Å². The fraction of sp³-hybridized carbons (Fsp3) is 0.400. The van der Waals surface area contributed by atoms with Gasteiger partial charge in [0, 0.05) is 24.2 Å². The molecule has 0 aromatic heterocycles. The van der Waals surface area contributed by atoms with Crippen LogP contribution in [-0.4, -0.2) is 12.6 Å². The van der Waals surface area contributed by atoms with Gasteiger partial charge in [-0.05, 0) is 55.5 Å². The summed E-state index contributed by atoms with van der Waals surface area (Å²) >= 11 is 0. The van der Waals surface area contributed by atoms with Crippen molar-refractivity contribution >= 4 is 5.69 Å². The second kappa shape index (κ2) is 4.91. The molecule has 2 aromatic carbocycles. The van der Waals surface area contributed by atoms with Crippen LogP contribution in [0.25, 0.3) is 0 Å². The summed E-state index contributed by atoms with van der Waals surface area (Å²) in [5.74, 6) is 0.496. The number of rotatable bonds is 2. The average Bonchev–Trinajstić information content (AvgIpc) is 2.73. The molecule has 1 heterocycles. The Bertz CT molecular complexity index is 659. The first-order valence-electron chi connectivity index (χ1n) is 7.82. The summed E-state index contributed by atoms with van der Waals surface area (Å²) in [6.45, 7) is 9.20. The molecule has 0 amide bonds. The highest BCUT2D eigenvalue weighted by Gasteiger charge is 2.42. The molecule has 1 aliphatic heterocycles. The molecule has 2 atom stereocenters. The van der Waals surface area contributed by atoms with Crippen molar-refractivity contribution in [2.75, 3.05) is 11.9 Å². The molecular weight excluding hydrogens is 254 g/mol. The van der Waals surface area contributed by atoms with Crippen LogP contribution in [0.4, 0.5) is 5.69 Å². The maximum Gasteiger partial charge on any atom is 0.0477 e. The third-order valence-corrected chi connectivity index (χ3v) is 5.49. The van der Waals surface area contributed by atoms with E-state index in [1.54, 1.807) is 0 Å². The highest BCUT2D eigenvalue weighted by molar-refractivity contribution is 5.65. The van der Waals surface area contributed by atoms with E-state index in [0.717, 1.165) is 6.42 Å². The van der Waals surface area contributed by atoms with Crippen LogP contribution in [0.15, 0.2) is 42.5 Å². The Morgan fingerprint density at radius 3 is 2.43 bits per heavy atom. The highest BCUT2D eigenvalue weighted by atomic mass is 15.2. The molecule has 0 saturated carbocycles. The molecule has 21 heavy (non-hydrogen) atoms. The van der Waals surface area contributed by atoms with Crippen LogP contribution >= 0.6 is 0 Å². The van der Waals surface area contributed by atoms with Crippen LogP contribution in [0.2, 0.25) is 0 Å². The third kappa shape index (κ3) is 2.16. The van der Waals surface area contributed by atoms with Gasteiger partial charge in [0.1, 0.15) is 0 Å². The zero-order valence-corrected chi connectivity index (χ0v) is 13.8. The van der Waals surface area contributed by atoms with Crippen LogP contribution in [0.1, 0.15) is 42.0 Å². The lowest BCUT2D eigenvalue weighted by atomic mass is 9.79. The molecule has 0 bridgehead atoms. The van der Waals surface area contributed by atoms with Crippen molar-refractivity contribution in [3.63, 3.8) is 0 Å². The molecule has 3 rings (SSSR count). The van der Waals surface area contributed by atoms with Crippen molar-refractivity contribution in [1.29, 1.82) is 0 Å². The SMILES string of the molecule is Cc1cc(C)c2c(c1)N(C)C(C)(C(C)c1ccccc1)C2. The van der Waals surface area contributed by atoms with Gasteiger partial charge < -0.3 is 4.90 Å². The third-order valence-electron chi connectivity index (χ3n) is 5.49. The Hall–Kier alpha value is -1.76. The summed E-state index contributed by atoms with van der Waals surface area (Å²) < 4.78 is 0. The smallest absolute Gasteiger partial charge is 0.0477 e. The summed E-state index contributed by atoms with van der Waals surface area (Å²) in [7, 11) is 2.25. The summed E-state index contributed by atoms with van der Waals surface area (Å²) in [6, 6.07) is 15.5. The van der Waals surface area contributed by atoms with Gasteiger partial charge in [-0.15, -0.1) is 0 Å². The van der Waals surface area contributed by atoms with Gasteiger partial charge in [0.2, 0.25) is 0 Å². The van der Waals surface area contributed by atoms with Gasteiger partial charge in [-0.3, -0.25) is 0 Å². The number of hydrogen-bond acceptors (Lipinski definition) is 1. The van der Waals surface area contributed by atoms with E-state index in [1.807, 2.05) is 0 Å². The zero-order valence-electron chi connectivity index (χ0n) is 13.8. The number of benzene rings is 2. The van der Waals surface area contributed by atoms with Crippen molar-refractivity contribution in [2.45, 2.75) is 45.6 Å². The second-order valence-electron chi connectivity index (χ2n) is 6.80. The fourth-order valence-corrected chi connectivity index (χ4v) is 3.80. The van der Waals surface area contributed by atoms with Crippen molar-refractivity contribution < 1.29 is 0 Å². The average molecular weight is 279 g/mol. The van der Waals surface area contributed by atoms with Crippen molar-refractivity contribution in [2.24, 2.45) is 0 Å². The summed E-state index contributed by atoms with van der Waals surface area (Å²) in [6.07, 6.45) is 1.13. The number of anilines is 1. The number of hydrogen-bond donors (Lipinski definition) is 0. The standard InChI is InChI=1S/C20H25N/c1-14-11-15(2)18-13-20(4,21(5)19(18)12-14)16(3)17-9-7-6-8-10-17/h6-12,16H,13H2,1-5H3. The zero-order chi connectivity index (χ0) is 15.2. The van der Waals surface area contributed by atoms with Gasteiger partial charge in [-0.2, -0.15) is 0 Å². The van der Waals surface area contributed by atoms with Crippen LogP contribution < -0.4 is 4.90 Å². The first kappa shape index (κ1) is 14.2. The maximum atomic E-state index is 2.50. The Morgan fingerprint density at radius 2 is 1.76 bits per heavy atom. The molecule has 0 fully saturated rings. The van der Waals surface area contributed by atoms with Crippen molar-refractivity contribution in [3.05, 3.63) is 64.7 Å². The number of fused-ring (bicyclic) bond motifs is 1. The van der Waals surface area contributed by atoms with Crippen molar-refractivity contribution in [3.8, 4) is 0 Å². The molecule has 0 aliphatic carbocycles. The topological polar surface area (TPSA) is 3.24 Å². The molecular formula is C20H25N. The minimum Gasteiger partial charge on any atom is -0.368 e. The summed E-state index contributed by atoms with van der Waals surface area (Å²) in [4.78, 5) is 2.50. The Labute approximate surface area is 128 Å². The lowest BCUT2D eigenvalue weighted by Crippen LogP contribution is -2.45. The maximum absolute atomic E-state index is 2.50. The molecule has 0 N–H and O–H groups in total. The van der Waals surface area contributed by atoms with E-state index >= 15 is 0 Å². The van der Waals surface area contributed by atoms with Gasteiger partial charge in [-0.1, -0.05) is 43.3 Å². The van der Waals surface area contributed by atoms with Gasteiger partial charge in [0.05, 0.1) is 0 Å². The largest absolute Gasteiger partial charge is 0.368 e. The van der Waals surface area contributed by atoms with Crippen LogP contribution in [0.5, 0.6) is 0 Å². The fourth-order valence-electron chi connectivity index (χ4n) is 3.80. The van der Waals surface area contributed by atoms with Gasteiger partial charge in [0.25, 0.3) is 0 Å². The van der Waals surface area contributed by atoms with E-state index in [-0.39, 0.29) is 5.54 Å². The molecule has 0 radical (unpaired) electrons. The van der Waals surface area contributed by atoms with Gasteiger partial charge in [0.15, 0.2) is 0 Å². The molecule has 1 nitrogen and oxygen atoms in total. The van der Waals surface area contributed by atoms with E-state index < -0.39 is 0 Å². The minimum atomic E-state index is 0.141. The molecule has 1 heteroatoms. The first-order valence-corrected chi connectivity index (χ1v) is 7.82. The first-order chi connectivity index (χ1) is 9.93. The van der Waals surface area contributed by atoms with Crippen LogP contribution in [0.3, 0.4) is 0 Å². The lowest BCUT2D eigenvalue weighted by molar-refractivity contribution is 0.394. The van der Waals surface area contributed by atoms with E-state index in [0.29, 0.717) is 5.92 Å². The van der Waals surface area contributed by atoms with Crippen LogP contribution in [0, 0.1) is 13.8 Å². The van der Waals surface area contributed by atoms with E-state index in [4.69, 9.17) is 0 Å². The van der Waals surface area contributed by atoms with E-state index in [1.165, 1.54) is 27.9 Å². The number of aryl methyl sites for hydroxylation is 2. The predicted molar refractivity (Wildman–Crippen MR) is 91.3 cm³/mol. The Balaban J connectivity index is 2.03. The summed E-state index contributed by atoms with van der Waals surface area (Å²) in [5.41, 5.74) is 7.29. The van der Waals surface area contributed by atoms with E-state index in [2.05, 4.69) is 82.1 Å². The van der Waals surface area contributed by atoms with Gasteiger partial charge in [-0.25, -0.2) is 0 Å². The van der Waals surface area contributed by atoms with Crippen molar-refractivity contribution in [1.82, 2.24) is 0 Å². The highest BCUT2D eigenvalue weighted by Crippen LogP contribution is 2.46. The Morgan fingerprint density at radius 1 is 1.10 bits per heavy atom. The second-order valence-corrected chi connectivity index (χ2v) is 6.80. The predicted octanol–water partition coefficient (Wildman–Crippen LogP) is 4.86. The number of likely N-dealkylation sites (N-methyl/N-ethyl adjacent to an activating group) is 1. The molecule has 0 saturated heterocycles.